The minimum absolute atomic E-state index is 0.0113. The monoisotopic (exact) mass is 297 g/mol. The molecule has 20 heavy (non-hydrogen) atoms. The quantitative estimate of drug-likeness (QED) is 0.841. The first-order valence-corrected chi connectivity index (χ1v) is 7.37. The highest BCUT2D eigenvalue weighted by Crippen LogP contribution is 2.25. The molecule has 4 nitrogen and oxygen atoms in total. The zero-order valence-corrected chi connectivity index (χ0v) is 12.2. The number of hydrogen-bond acceptors (Lipinski definition) is 3. The lowest BCUT2D eigenvalue weighted by atomic mass is 9.91. The van der Waals surface area contributed by atoms with Crippen LogP contribution >= 0.6 is 11.6 Å². The summed E-state index contributed by atoms with van der Waals surface area (Å²) in [5.41, 5.74) is 0. The summed E-state index contributed by atoms with van der Waals surface area (Å²) in [6.45, 7) is 0.756. The summed E-state index contributed by atoms with van der Waals surface area (Å²) in [5.74, 6) is 0.716. The molecule has 2 rings (SSSR count). The minimum Gasteiger partial charge on any atom is -0.493 e. The smallest absolute Gasteiger partial charge is 0.226 e. The number of halogens is 1. The van der Waals surface area contributed by atoms with Crippen LogP contribution in [0.2, 0.25) is 5.02 Å². The molecule has 0 saturated heterocycles. The van der Waals surface area contributed by atoms with E-state index in [4.69, 9.17) is 21.4 Å². The van der Waals surface area contributed by atoms with Crippen LogP contribution in [0.1, 0.15) is 25.7 Å². The summed E-state index contributed by atoms with van der Waals surface area (Å²) in [4.78, 5) is 13.9. The van der Waals surface area contributed by atoms with Crippen molar-refractivity contribution in [1.82, 2.24) is 4.90 Å². The highest BCUT2D eigenvalue weighted by atomic mass is 35.5. The van der Waals surface area contributed by atoms with Gasteiger partial charge in [0.05, 0.1) is 19.6 Å². The average Bonchev–Trinajstić information content (AvgIpc) is 2.36. The lowest BCUT2D eigenvalue weighted by Crippen LogP contribution is -2.46. The van der Waals surface area contributed by atoms with Crippen LogP contribution in [0.4, 0.5) is 0 Å². The van der Waals surface area contributed by atoms with Gasteiger partial charge >= 0.3 is 0 Å². The largest absolute Gasteiger partial charge is 0.493 e. The summed E-state index contributed by atoms with van der Waals surface area (Å²) in [5, 5.41) is 9.66. The first-order valence-electron chi connectivity index (χ1n) is 6.99. The van der Waals surface area contributed by atoms with Crippen LogP contribution in [-0.4, -0.2) is 41.7 Å². The van der Waals surface area contributed by atoms with E-state index in [9.17, 15) is 4.79 Å². The maximum Gasteiger partial charge on any atom is 0.226 e. The number of amides is 1. The third-order valence-electron chi connectivity index (χ3n) is 3.56. The van der Waals surface area contributed by atoms with Crippen LogP contribution in [0.5, 0.6) is 5.75 Å². The van der Waals surface area contributed by atoms with Crippen LogP contribution < -0.4 is 4.74 Å². The normalized spacial score (nSPS) is 14.7. The number of hydrogen-bond donors (Lipinski definition) is 1. The molecule has 1 amide bonds. The van der Waals surface area contributed by atoms with Gasteiger partial charge in [-0.2, -0.15) is 0 Å². The van der Waals surface area contributed by atoms with Crippen LogP contribution in [0, 0.1) is 0 Å². The van der Waals surface area contributed by atoms with Gasteiger partial charge in [0.1, 0.15) is 5.75 Å². The summed E-state index contributed by atoms with van der Waals surface area (Å²) in [6.07, 6.45) is 3.57. The van der Waals surface area contributed by atoms with E-state index in [0.29, 0.717) is 36.4 Å². The first-order chi connectivity index (χ1) is 9.70. The van der Waals surface area contributed by atoms with Gasteiger partial charge in [-0.3, -0.25) is 4.79 Å². The van der Waals surface area contributed by atoms with Gasteiger partial charge in [0.15, 0.2) is 0 Å². The Morgan fingerprint density at radius 3 is 2.85 bits per heavy atom. The molecule has 1 aliphatic rings. The standard InChI is InChI=1S/C15H20ClNO3/c16-12-3-1-6-14(11-12)20-10-7-15(19)17(8-9-18)13-4-2-5-13/h1,3,6,11,13,18H,2,4-5,7-10H2. The van der Waals surface area contributed by atoms with Crippen LogP contribution in [0.3, 0.4) is 0 Å². The highest BCUT2D eigenvalue weighted by molar-refractivity contribution is 6.30. The van der Waals surface area contributed by atoms with Crippen LogP contribution in [-0.2, 0) is 4.79 Å². The fraction of sp³-hybridized carbons (Fsp3) is 0.533. The van der Waals surface area contributed by atoms with Crippen molar-refractivity contribution in [3.05, 3.63) is 29.3 Å². The number of carbonyl (C=O) groups excluding carboxylic acids is 1. The fourth-order valence-electron chi connectivity index (χ4n) is 2.27. The van der Waals surface area contributed by atoms with Crippen molar-refractivity contribution in [2.45, 2.75) is 31.7 Å². The Labute approximate surface area is 124 Å². The Kier molecular flexibility index (Phi) is 5.68. The molecule has 1 aromatic rings. The Hall–Kier alpha value is -1.26. The van der Waals surface area contributed by atoms with Crippen LogP contribution in [0.25, 0.3) is 0 Å². The Balaban J connectivity index is 1.78. The number of nitrogens with zero attached hydrogens (tertiary/aromatic N) is 1. The van der Waals surface area contributed by atoms with Crippen LogP contribution in [0.15, 0.2) is 24.3 Å². The molecule has 0 radical (unpaired) electrons. The van der Waals surface area contributed by atoms with Gasteiger partial charge in [0.25, 0.3) is 0 Å². The molecule has 0 bridgehead atoms. The van der Waals surface area contributed by atoms with Crippen molar-refractivity contribution >= 4 is 17.5 Å². The van der Waals surface area contributed by atoms with Crippen molar-refractivity contribution < 1.29 is 14.6 Å². The van der Waals surface area contributed by atoms with Crippen molar-refractivity contribution in [3.63, 3.8) is 0 Å². The molecule has 0 atom stereocenters. The second-order valence-corrected chi connectivity index (χ2v) is 5.39. The maximum atomic E-state index is 12.1. The Morgan fingerprint density at radius 2 is 2.25 bits per heavy atom. The first kappa shape index (κ1) is 15.1. The summed E-state index contributed by atoms with van der Waals surface area (Å²) >= 11 is 5.86. The fourth-order valence-corrected chi connectivity index (χ4v) is 2.45. The molecule has 1 aromatic carbocycles. The molecular formula is C15H20ClNO3. The van der Waals surface area contributed by atoms with Crippen molar-refractivity contribution in [3.8, 4) is 5.75 Å². The second kappa shape index (κ2) is 7.50. The second-order valence-electron chi connectivity index (χ2n) is 4.95. The van der Waals surface area contributed by atoms with Gasteiger partial charge in [-0.15, -0.1) is 0 Å². The van der Waals surface area contributed by atoms with Gasteiger partial charge in [0, 0.05) is 17.6 Å². The molecule has 0 unspecified atom stereocenters. The molecular weight excluding hydrogens is 278 g/mol. The molecule has 0 aliphatic heterocycles. The van der Waals surface area contributed by atoms with E-state index in [1.165, 1.54) is 6.42 Å². The van der Waals surface area contributed by atoms with E-state index >= 15 is 0 Å². The van der Waals surface area contributed by atoms with E-state index < -0.39 is 0 Å². The lowest BCUT2D eigenvalue weighted by molar-refractivity contribution is -0.136. The average molecular weight is 298 g/mol. The van der Waals surface area contributed by atoms with Gasteiger partial charge in [-0.05, 0) is 37.5 Å². The topological polar surface area (TPSA) is 49.8 Å². The molecule has 1 N–H and O–H groups in total. The van der Waals surface area contributed by atoms with E-state index in [2.05, 4.69) is 0 Å². The minimum atomic E-state index is 0.0113. The molecule has 5 heteroatoms. The van der Waals surface area contributed by atoms with Crippen molar-refractivity contribution in [2.24, 2.45) is 0 Å². The van der Waals surface area contributed by atoms with E-state index in [1.54, 1.807) is 17.0 Å². The summed E-state index contributed by atoms with van der Waals surface area (Å²) in [7, 11) is 0. The number of aliphatic hydroxyl groups excluding tert-OH is 1. The highest BCUT2D eigenvalue weighted by Gasteiger charge is 2.27. The van der Waals surface area contributed by atoms with E-state index in [1.807, 2.05) is 12.1 Å². The molecule has 1 fully saturated rings. The molecule has 1 aliphatic carbocycles. The van der Waals surface area contributed by atoms with Crippen molar-refractivity contribution in [2.75, 3.05) is 19.8 Å². The number of ether oxygens (including phenoxy) is 1. The molecule has 0 heterocycles. The summed E-state index contributed by atoms with van der Waals surface area (Å²) < 4.78 is 5.52. The van der Waals surface area contributed by atoms with Gasteiger partial charge in [0.2, 0.25) is 5.91 Å². The van der Waals surface area contributed by atoms with Crippen molar-refractivity contribution in [1.29, 1.82) is 0 Å². The van der Waals surface area contributed by atoms with Gasteiger partial charge in [-0.1, -0.05) is 17.7 Å². The third kappa shape index (κ3) is 4.12. The Bertz CT molecular complexity index is 448. The molecule has 0 aromatic heterocycles. The van der Waals surface area contributed by atoms with E-state index in [-0.39, 0.29) is 12.5 Å². The zero-order valence-electron chi connectivity index (χ0n) is 11.4. The predicted octanol–water partition coefficient (Wildman–Crippen LogP) is 2.48. The van der Waals surface area contributed by atoms with Gasteiger partial charge in [-0.25, -0.2) is 0 Å². The van der Waals surface area contributed by atoms with Gasteiger partial charge < -0.3 is 14.7 Å². The maximum absolute atomic E-state index is 12.1. The third-order valence-corrected chi connectivity index (χ3v) is 3.79. The molecule has 0 spiro atoms. The number of benzene rings is 1. The zero-order chi connectivity index (χ0) is 14.4. The number of carbonyl (C=O) groups is 1. The summed E-state index contributed by atoms with van der Waals surface area (Å²) in [6, 6.07) is 7.43. The molecule has 110 valence electrons. The lowest BCUT2D eigenvalue weighted by Gasteiger charge is -2.37. The van der Waals surface area contributed by atoms with E-state index in [0.717, 1.165) is 12.8 Å². The predicted molar refractivity (Wildman–Crippen MR) is 78.0 cm³/mol. The number of rotatable bonds is 7. The Morgan fingerprint density at radius 1 is 1.45 bits per heavy atom. The molecule has 1 saturated carbocycles. The number of aliphatic hydroxyl groups is 1. The SMILES string of the molecule is O=C(CCOc1cccc(Cl)c1)N(CCO)C1CCC1.